The van der Waals surface area contributed by atoms with Gasteiger partial charge in [-0.1, -0.05) is 0 Å². The van der Waals surface area contributed by atoms with Crippen LogP contribution in [-0.4, -0.2) is 22.1 Å². The number of hydrogen-bond donors (Lipinski definition) is 0. The molecule has 0 aliphatic heterocycles. The SMILES string of the molecule is COC(=S)C(C)c1cnccn1. The van der Waals surface area contributed by atoms with Gasteiger partial charge in [0, 0.05) is 18.6 Å². The summed E-state index contributed by atoms with van der Waals surface area (Å²) >= 11 is 4.97. The first-order chi connectivity index (χ1) is 5.75. The summed E-state index contributed by atoms with van der Waals surface area (Å²) in [5, 5.41) is 0.538. The number of aromatic nitrogens is 2. The van der Waals surface area contributed by atoms with Crippen molar-refractivity contribution in [3.05, 3.63) is 24.3 Å². The third-order valence-corrected chi connectivity index (χ3v) is 2.10. The minimum atomic E-state index is 0.0266. The van der Waals surface area contributed by atoms with Crippen molar-refractivity contribution in [2.45, 2.75) is 12.8 Å². The third-order valence-electron chi connectivity index (χ3n) is 1.58. The highest BCUT2D eigenvalue weighted by molar-refractivity contribution is 7.80. The van der Waals surface area contributed by atoms with Crippen LogP contribution in [0.4, 0.5) is 0 Å². The van der Waals surface area contributed by atoms with E-state index in [-0.39, 0.29) is 5.92 Å². The molecule has 1 heterocycles. The first-order valence-electron chi connectivity index (χ1n) is 3.59. The second kappa shape index (κ2) is 4.11. The molecule has 1 atom stereocenters. The fraction of sp³-hybridized carbons (Fsp3) is 0.375. The van der Waals surface area contributed by atoms with Crippen LogP contribution in [0, 0.1) is 0 Å². The topological polar surface area (TPSA) is 35.0 Å². The van der Waals surface area contributed by atoms with E-state index >= 15 is 0 Å². The molecule has 0 radical (unpaired) electrons. The molecule has 0 saturated carbocycles. The van der Waals surface area contributed by atoms with Crippen LogP contribution in [-0.2, 0) is 4.74 Å². The maximum absolute atomic E-state index is 4.97. The van der Waals surface area contributed by atoms with Crippen molar-refractivity contribution in [1.29, 1.82) is 0 Å². The van der Waals surface area contributed by atoms with Gasteiger partial charge < -0.3 is 4.74 Å². The van der Waals surface area contributed by atoms with Crippen molar-refractivity contribution in [2.75, 3.05) is 7.11 Å². The van der Waals surface area contributed by atoms with Crippen molar-refractivity contribution in [1.82, 2.24) is 9.97 Å². The number of ether oxygens (including phenoxy) is 1. The predicted octanol–water partition coefficient (Wildman–Crippen LogP) is 1.55. The van der Waals surface area contributed by atoms with E-state index in [1.54, 1.807) is 25.7 Å². The van der Waals surface area contributed by atoms with E-state index in [1.807, 2.05) is 6.92 Å². The lowest BCUT2D eigenvalue weighted by Gasteiger charge is -2.09. The van der Waals surface area contributed by atoms with Crippen LogP contribution < -0.4 is 0 Å². The first kappa shape index (κ1) is 9.06. The lowest BCUT2D eigenvalue weighted by atomic mass is 10.1. The average molecular weight is 182 g/mol. The monoisotopic (exact) mass is 182 g/mol. The summed E-state index contributed by atoms with van der Waals surface area (Å²) in [6.45, 7) is 1.94. The minimum absolute atomic E-state index is 0.0266. The quantitative estimate of drug-likeness (QED) is 0.650. The fourth-order valence-corrected chi connectivity index (χ4v) is 0.952. The molecule has 1 aromatic rings. The van der Waals surface area contributed by atoms with Gasteiger partial charge in [0.1, 0.15) is 0 Å². The Bertz CT molecular complexity index is 263. The molecule has 1 unspecified atom stereocenters. The summed E-state index contributed by atoms with van der Waals surface area (Å²) < 4.78 is 4.93. The minimum Gasteiger partial charge on any atom is -0.490 e. The molecule has 0 fully saturated rings. The van der Waals surface area contributed by atoms with E-state index in [9.17, 15) is 0 Å². The van der Waals surface area contributed by atoms with E-state index in [1.165, 1.54) is 0 Å². The molecule has 0 amide bonds. The lowest BCUT2D eigenvalue weighted by Crippen LogP contribution is -2.10. The lowest BCUT2D eigenvalue weighted by molar-refractivity contribution is 0.396. The molecule has 0 bridgehead atoms. The maximum atomic E-state index is 4.97. The summed E-state index contributed by atoms with van der Waals surface area (Å²) in [5.74, 6) is 0.0266. The summed E-state index contributed by atoms with van der Waals surface area (Å²) in [5.41, 5.74) is 0.837. The predicted molar refractivity (Wildman–Crippen MR) is 50.1 cm³/mol. The molecule has 1 rings (SSSR count). The Labute approximate surface area is 76.8 Å². The smallest absolute Gasteiger partial charge is 0.168 e. The molecule has 12 heavy (non-hydrogen) atoms. The Morgan fingerprint density at radius 3 is 2.83 bits per heavy atom. The van der Waals surface area contributed by atoms with E-state index in [0.717, 1.165) is 5.69 Å². The molecule has 4 heteroatoms. The third kappa shape index (κ3) is 1.98. The van der Waals surface area contributed by atoms with Gasteiger partial charge in [-0.3, -0.25) is 9.97 Å². The number of methoxy groups -OCH3 is 1. The molecule has 0 saturated heterocycles. The molecule has 3 nitrogen and oxygen atoms in total. The normalized spacial score (nSPS) is 12.2. The van der Waals surface area contributed by atoms with Gasteiger partial charge in [-0.15, -0.1) is 0 Å². The Balaban J connectivity index is 2.78. The molecule has 0 aliphatic rings. The van der Waals surface area contributed by atoms with Gasteiger partial charge in [0.2, 0.25) is 0 Å². The highest BCUT2D eigenvalue weighted by Crippen LogP contribution is 2.13. The van der Waals surface area contributed by atoms with Crippen molar-refractivity contribution < 1.29 is 4.74 Å². The standard InChI is InChI=1S/C8H10N2OS/c1-6(8(12)11-2)7-5-9-3-4-10-7/h3-6H,1-2H3. The number of thiocarbonyl (C=S) groups is 1. The molecular formula is C8H10N2OS. The number of hydrogen-bond acceptors (Lipinski definition) is 4. The highest BCUT2D eigenvalue weighted by atomic mass is 32.1. The largest absolute Gasteiger partial charge is 0.490 e. The second-order valence-electron chi connectivity index (χ2n) is 2.38. The van der Waals surface area contributed by atoms with Crippen LogP contribution in [0.15, 0.2) is 18.6 Å². The fourth-order valence-electron chi connectivity index (χ4n) is 0.832. The van der Waals surface area contributed by atoms with Crippen LogP contribution in [0.5, 0.6) is 0 Å². The van der Waals surface area contributed by atoms with Gasteiger partial charge in [-0.2, -0.15) is 0 Å². The van der Waals surface area contributed by atoms with Gasteiger partial charge >= 0.3 is 0 Å². The summed E-state index contributed by atoms with van der Waals surface area (Å²) in [6, 6.07) is 0. The van der Waals surface area contributed by atoms with Crippen LogP contribution in [0.25, 0.3) is 0 Å². The summed E-state index contributed by atoms with van der Waals surface area (Å²) in [7, 11) is 1.56. The van der Waals surface area contributed by atoms with Gasteiger partial charge in [-0.25, -0.2) is 0 Å². The zero-order valence-corrected chi connectivity index (χ0v) is 7.84. The van der Waals surface area contributed by atoms with Gasteiger partial charge in [0.15, 0.2) is 5.05 Å². The van der Waals surface area contributed by atoms with E-state index in [4.69, 9.17) is 17.0 Å². The van der Waals surface area contributed by atoms with E-state index < -0.39 is 0 Å². The average Bonchev–Trinajstić information content (AvgIpc) is 2.17. The van der Waals surface area contributed by atoms with Crippen molar-refractivity contribution >= 4 is 17.3 Å². The zero-order chi connectivity index (χ0) is 8.97. The Hall–Kier alpha value is -1.03. The van der Waals surface area contributed by atoms with Crippen LogP contribution >= 0.6 is 12.2 Å². The van der Waals surface area contributed by atoms with Crippen molar-refractivity contribution in [3.8, 4) is 0 Å². The highest BCUT2D eigenvalue weighted by Gasteiger charge is 2.12. The van der Waals surface area contributed by atoms with Crippen LogP contribution in [0.1, 0.15) is 18.5 Å². The van der Waals surface area contributed by atoms with E-state index in [0.29, 0.717) is 5.05 Å². The molecule has 64 valence electrons. The maximum Gasteiger partial charge on any atom is 0.168 e. The van der Waals surface area contributed by atoms with Crippen molar-refractivity contribution in [2.24, 2.45) is 0 Å². The Morgan fingerprint density at radius 1 is 1.58 bits per heavy atom. The molecule has 0 spiro atoms. The second-order valence-corrected chi connectivity index (χ2v) is 2.78. The Kier molecular flexibility index (Phi) is 3.10. The Morgan fingerprint density at radius 2 is 2.33 bits per heavy atom. The van der Waals surface area contributed by atoms with Gasteiger partial charge in [-0.05, 0) is 19.1 Å². The van der Waals surface area contributed by atoms with Gasteiger partial charge in [0.25, 0.3) is 0 Å². The molecule has 0 N–H and O–H groups in total. The summed E-state index contributed by atoms with van der Waals surface area (Å²) in [6.07, 6.45) is 4.96. The summed E-state index contributed by atoms with van der Waals surface area (Å²) in [4.78, 5) is 8.06. The molecule has 1 aromatic heterocycles. The van der Waals surface area contributed by atoms with Crippen LogP contribution in [0.2, 0.25) is 0 Å². The van der Waals surface area contributed by atoms with Crippen molar-refractivity contribution in [3.63, 3.8) is 0 Å². The van der Waals surface area contributed by atoms with Gasteiger partial charge in [0.05, 0.1) is 18.7 Å². The number of nitrogens with zero attached hydrogens (tertiary/aromatic N) is 2. The van der Waals surface area contributed by atoms with Crippen LogP contribution in [0.3, 0.4) is 0 Å². The van der Waals surface area contributed by atoms with E-state index in [2.05, 4.69) is 9.97 Å². The first-order valence-corrected chi connectivity index (χ1v) is 4.00. The molecular weight excluding hydrogens is 172 g/mol. The molecule has 0 aliphatic carbocycles. The number of rotatable bonds is 2. The molecule has 0 aromatic carbocycles. The zero-order valence-electron chi connectivity index (χ0n) is 7.02.